The zero-order valence-corrected chi connectivity index (χ0v) is 18.0. The van der Waals surface area contributed by atoms with E-state index in [4.69, 9.17) is 19.3 Å². The highest BCUT2D eigenvalue weighted by atomic mass is 19.4. The number of nitrogen functional groups attached to an aromatic ring is 1. The minimum absolute atomic E-state index is 0.0535. The van der Waals surface area contributed by atoms with Gasteiger partial charge in [0.15, 0.2) is 0 Å². The molecule has 2 atom stereocenters. The first-order valence-corrected chi connectivity index (χ1v) is 10.1. The smallest absolute Gasteiger partial charge is 0.410 e. The number of hydrogen-bond donors (Lipinski definition) is 2. The predicted octanol–water partition coefficient (Wildman–Crippen LogP) is 4.14. The van der Waals surface area contributed by atoms with Gasteiger partial charge in [0, 0.05) is 11.1 Å². The van der Waals surface area contributed by atoms with Gasteiger partial charge in [-0.1, -0.05) is 12.1 Å². The van der Waals surface area contributed by atoms with Crippen LogP contribution >= 0.6 is 0 Å². The van der Waals surface area contributed by atoms with Gasteiger partial charge in [-0.05, 0) is 31.2 Å². The molecule has 0 bridgehead atoms. The second-order valence-corrected chi connectivity index (χ2v) is 7.72. The molecule has 1 aromatic heterocycles. The molecular weight excluding hydrogens is 470 g/mol. The zero-order chi connectivity index (χ0) is 28.0. The number of rotatable bonds is 5. The predicted molar refractivity (Wildman–Crippen MR) is 116 cm³/mol. The summed E-state index contributed by atoms with van der Waals surface area (Å²) < 4.78 is 86.2. The fraction of sp³-hybridized carbons (Fsp3) is 0.261. The average Bonchev–Trinajstić information content (AvgIpc) is 3.38. The van der Waals surface area contributed by atoms with E-state index >= 15 is 0 Å². The molecule has 2 unspecified atom stereocenters. The summed E-state index contributed by atoms with van der Waals surface area (Å²) in [5.41, 5.74) is 5.86. The third kappa shape index (κ3) is 4.32. The molecule has 3 N–H and O–H groups in total. The van der Waals surface area contributed by atoms with Crippen molar-refractivity contribution < 1.29 is 35.9 Å². The Morgan fingerprint density at radius 1 is 1.40 bits per heavy atom. The number of hydrogen-bond acceptors (Lipinski definition) is 6. The van der Waals surface area contributed by atoms with Crippen LogP contribution in [0.25, 0.3) is 11.3 Å². The number of benzene rings is 2. The van der Waals surface area contributed by atoms with Crippen LogP contribution in [0.1, 0.15) is 44.6 Å². The highest BCUT2D eigenvalue weighted by Gasteiger charge is 2.40. The molecule has 1 aliphatic heterocycles. The first kappa shape index (κ1) is 20.1. The molecule has 35 heavy (non-hydrogen) atoms. The van der Waals surface area contributed by atoms with Gasteiger partial charge in [-0.3, -0.25) is 4.79 Å². The molecule has 0 saturated carbocycles. The maximum Gasteiger partial charge on any atom is 0.410 e. The molecule has 3 aromatic rings. The molecule has 2 aromatic carbocycles. The molecular formula is C23H19F4N5O3. The lowest BCUT2D eigenvalue weighted by molar-refractivity contribution is -0.164. The molecule has 0 spiro atoms. The monoisotopic (exact) mass is 492 g/mol. The molecule has 2 heterocycles. The van der Waals surface area contributed by atoms with Crippen molar-refractivity contribution in [2.75, 3.05) is 19.4 Å². The summed E-state index contributed by atoms with van der Waals surface area (Å²) in [5, 5.41) is 16.0. The Kier molecular flexibility index (Phi) is 5.08. The van der Waals surface area contributed by atoms with E-state index in [0.29, 0.717) is 10.2 Å². The van der Waals surface area contributed by atoms with Crippen LogP contribution in [0.5, 0.6) is 11.5 Å². The molecule has 1 aliphatic rings. The van der Waals surface area contributed by atoms with Crippen LogP contribution in [0.3, 0.4) is 0 Å². The normalized spacial score (nSPS) is 17.3. The Morgan fingerprint density at radius 2 is 2.17 bits per heavy atom. The lowest BCUT2D eigenvalue weighted by Gasteiger charge is -2.17. The summed E-state index contributed by atoms with van der Waals surface area (Å²) in [6, 6.07) is 6.23. The highest BCUT2D eigenvalue weighted by Crippen LogP contribution is 2.39. The van der Waals surface area contributed by atoms with Crippen LogP contribution in [-0.2, 0) is 0 Å². The van der Waals surface area contributed by atoms with E-state index in [1.807, 2.05) is 0 Å². The van der Waals surface area contributed by atoms with Crippen molar-refractivity contribution in [3.8, 4) is 28.8 Å². The Hall–Kier alpha value is -4.27. The van der Waals surface area contributed by atoms with Gasteiger partial charge < -0.3 is 20.5 Å². The van der Waals surface area contributed by atoms with E-state index < -0.39 is 42.8 Å². The number of aromatic nitrogens is 2. The minimum atomic E-state index is -4.65. The van der Waals surface area contributed by atoms with Crippen LogP contribution in [-0.4, -0.2) is 35.5 Å². The fourth-order valence-corrected chi connectivity index (χ4v) is 3.68. The lowest BCUT2D eigenvalue weighted by Crippen LogP contribution is -2.29. The van der Waals surface area contributed by atoms with E-state index in [0.717, 1.165) is 25.1 Å². The van der Waals surface area contributed by atoms with Gasteiger partial charge in [0.1, 0.15) is 53.1 Å². The first-order valence-electron chi connectivity index (χ1n) is 11.6. The first-order chi connectivity index (χ1) is 17.7. The third-order valence-electron chi connectivity index (χ3n) is 5.57. The Balaban J connectivity index is 1.62. The Morgan fingerprint density at radius 3 is 2.86 bits per heavy atom. The van der Waals surface area contributed by atoms with Crippen molar-refractivity contribution in [1.82, 2.24) is 15.1 Å². The number of halogens is 4. The topological polar surface area (TPSA) is 115 Å². The van der Waals surface area contributed by atoms with Crippen LogP contribution in [0.4, 0.5) is 23.4 Å². The summed E-state index contributed by atoms with van der Waals surface area (Å²) in [5.74, 6) is -2.14. The lowest BCUT2D eigenvalue weighted by atomic mass is 10.0. The van der Waals surface area contributed by atoms with Crippen LogP contribution in [0.15, 0.2) is 36.4 Å². The van der Waals surface area contributed by atoms with E-state index in [1.54, 1.807) is 6.07 Å². The minimum Gasteiger partial charge on any atom is -0.496 e. The number of alkyl halides is 3. The summed E-state index contributed by atoms with van der Waals surface area (Å²) >= 11 is 0. The summed E-state index contributed by atoms with van der Waals surface area (Å²) in [4.78, 5) is 12.9. The number of fused-ring (bicyclic) bond motifs is 1. The molecule has 0 fully saturated rings. The summed E-state index contributed by atoms with van der Waals surface area (Å²) in [7, 11) is -2.87. The Labute approximate surface area is 201 Å². The standard InChI is InChI=1S/C23H19F4N5O3/c1-11(23(25,26)27)32-21(29)16(9-28)20(31-32)12-3-5-14-17(10-35-19(14)7-12)30-22(33)15-8-13(24)4-6-18(15)34-2/h3-8,11,17H,10,29H2,1-2H3,(H,30,33)/i2D3. The van der Waals surface area contributed by atoms with E-state index in [-0.39, 0.29) is 40.5 Å². The maximum atomic E-state index is 13.8. The van der Waals surface area contributed by atoms with Crippen molar-refractivity contribution in [2.45, 2.75) is 25.2 Å². The molecule has 182 valence electrons. The quantitative estimate of drug-likeness (QED) is 0.518. The van der Waals surface area contributed by atoms with E-state index in [1.165, 1.54) is 18.2 Å². The summed E-state index contributed by atoms with van der Waals surface area (Å²) in [6.45, 7) is 0.808. The third-order valence-corrected chi connectivity index (χ3v) is 5.57. The van der Waals surface area contributed by atoms with Crippen molar-refractivity contribution in [2.24, 2.45) is 0 Å². The number of nitrogens with zero attached hydrogens (tertiary/aromatic N) is 3. The molecule has 8 nitrogen and oxygen atoms in total. The summed E-state index contributed by atoms with van der Waals surface area (Å²) in [6.07, 6.45) is -4.65. The largest absolute Gasteiger partial charge is 0.496 e. The molecule has 4 rings (SSSR count). The second kappa shape index (κ2) is 8.83. The highest BCUT2D eigenvalue weighted by molar-refractivity contribution is 5.97. The molecule has 0 aliphatic carbocycles. The molecule has 12 heteroatoms. The van der Waals surface area contributed by atoms with Gasteiger partial charge in [-0.15, -0.1) is 0 Å². The average molecular weight is 492 g/mol. The maximum absolute atomic E-state index is 13.8. The number of nitrogens with two attached hydrogens (primary N) is 1. The number of nitrogens with one attached hydrogen (secondary N) is 1. The fourth-order valence-electron chi connectivity index (χ4n) is 3.68. The van der Waals surface area contributed by atoms with Crippen LogP contribution in [0.2, 0.25) is 0 Å². The molecule has 0 saturated heterocycles. The van der Waals surface area contributed by atoms with E-state index in [9.17, 15) is 27.6 Å². The molecule has 1 amide bonds. The van der Waals surface area contributed by atoms with Gasteiger partial charge in [0.25, 0.3) is 5.91 Å². The van der Waals surface area contributed by atoms with Gasteiger partial charge in [0.2, 0.25) is 0 Å². The Bertz CT molecular complexity index is 1450. The zero-order valence-electron chi connectivity index (χ0n) is 21.0. The van der Waals surface area contributed by atoms with Crippen molar-refractivity contribution >= 4 is 11.7 Å². The van der Waals surface area contributed by atoms with Gasteiger partial charge in [-0.2, -0.15) is 23.5 Å². The number of carbonyl (C=O) groups is 1. The van der Waals surface area contributed by atoms with Crippen molar-refractivity contribution in [1.29, 1.82) is 5.26 Å². The second-order valence-electron chi connectivity index (χ2n) is 7.72. The van der Waals surface area contributed by atoms with Crippen LogP contribution < -0.4 is 20.5 Å². The van der Waals surface area contributed by atoms with Gasteiger partial charge in [-0.25, -0.2) is 9.07 Å². The van der Waals surface area contributed by atoms with Gasteiger partial charge in [0.05, 0.1) is 22.8 Å². The number of ether oxygens (including phenoxy) is 2. The number of anilines is 1. The van der Waals surface area contributed by atoms with Gasteiger partial charge >= 0.3 is 6.18 Å². The molecule has 0 radical (unpaired) electrons. The SMILES string of the molecule is [2H]C([2H])([2H])Oc1ccc(F)cc1C(=O)NC1COc2cc(-c3nn(C(C)C(F)(F)F)c(N)c3C#N)ccc21. The van der Waals surface area contributed by atoms with Crippen molar-refractivity contribution in [3.63, 3.8) is 0 Å². The number of carbonyl (C=O) groups excluding carboxylic acids is 1. The number of methoxy groups -OCH3 is 1. The number of amides is 1. The number of nitriles is 1. The van der Waals surface area contributed by atoms with Crippen molar-refractivity contribution in [3.05, 3.63) is 58.9 Å². The van der Waals surface area contributed by atoms with E-state index in [2.05, 4.69) is 10.4 Å². The van der Waals surface area contributed by atoms with Crippen LogP contribution in [0, 0.1) is 17.1 Å².